The first kappa shape index (κ1) is 15.3. The Kier molecular flexibility index (Phi) is 5.11. The van der Waals surface area contributed by atoms with E-state index in [4.69, 9.17) is 10.5 Å². The monoisotopic (exact) mass is 287 g/mol. The lowest BCUT2D eigenvalue weighted by atomic mass is 9.99. The second-order valence-electron chi connectivity index (χ2n) is 4.81. The first-order chi connectivity index (χ1) is 10.2. The van der Waals surface area contributed by atoms with Crippen LogP contribution in [0.3, 0.4) is 0 Å². The van der Waals surface area contributed by atoms with Crippen molar-refractivity contribution in [1.82, 2.24) is 9.78 Å². The fraction of sp³-hybridized carbons (Fsp3) is 0.375. The molecule has 0 spiro atoms. The molecule has 0 amide bonds. The third kappa shape index (κ3) is 3.13. The Morgan fingerprint density at radius 1 is 1.38 bits per heavy atom. The van der Waals surface area contributed by atoms with E-state index < -0.39 is 0 Å². The zero-order valence-corrected chi connectivity index (χ0v) is 12.5. The van der Waals surface area contributed by atoms with Crippen LogP contribution in [0.25, 0.3) is 0 Å². The van der Waals surface area contributed by atoms with Gasteiger partial charge in [-0.25, -0.2) is 0 Å². The zero-order valence-electron chi connectivity index (χ0n) is 12.5. The van der Waals surface area contributed by atoms with Gasteiger partial charge in [0.05, 0.1) is 13.3 Å². The smallest absolute Gasteiger partial charge is 0.215 e. The summed E-state index contributed by atoms with van der Waals surface area (Å²) >= 11 is 0. The molecule has 2 N–H and O–H groups in total. The molecule has 2 rings (SSSR count). The summed E-state index contributed by atoms with van der Waals surface area (Å²) in [5.41, 5.74) is 7.75. The van der Waals surface area contributed by atoms with E-state index in [0.29, 0.717) is 36.5 Å². The van der Waals surface area contributed by atoms with E-state index in [1.807, 2.05) is 31.2 Å². The molecule has 5 heteroatoms. The van der Waals surface area contributed by atoms with Crippen molar-refractivity contribution < 1.29 is 9.53 Å². The third-order valence-corrected chi connectivity index (χ3v) is 3.35. The van der Waals surface area contributed by atoms with Crippen molar-refractivity contribution in [3.63, 3.8) is 0 Å². The third-order valence-electron chi connectivity index (χ3n) is 3.35. The number of hydrogen-bond acceptors (Lipinski definition) is 4. The first-order valence-electron chi connectivity index (χ1n) is 7.15. The van der Waals surface area contributed by atoms with E-state index in [9.17, 15) is 4.79 Å². The molecule has 0 unspecified atom stereocenters. The SMILES string of the molecule is CCCn1ncc(OC)c1C(=O)c1ccccc1CCN. The summed E-state index contributed by atoms with van der Waals surface area (Å²) in [7, 11) is 1.55. The number of ketones is 1. The van der Waals surface area contributed by atoms with Crippen LogP contribution < -0.4 is 10.5 Å². The van der Waals surface area contributed by atoms with Gasteiger partial charge in [0, 0.05) is 12.1 Å². The van der Waals surface area contributed by atoms with Crippen molar-refractivity contribution >= 4 is 5.78 Å². The number of hydrogen-bond donors (Lipinski definition) is 1. The number of nitrogens with two attached hydrogens (primary N) is 1. The van der Waals surface area contributed by atoms with E-state index in [2.05, 4.69) is 5.10 Å². The van der Waals surface area contributed by atoms with Crippen LogP contribution in [0.2, 0.25) is 0 Å². The van der Waals surface area contributed by atoms with E-state index in [-0.39, 0.29) is 5.78 Å². The standard InChI is InChI=1S/C16H21N3O2/c1-3-10-19-15(14(21-2)11-18-19)16(20)13-7-5-4-6-12(13)8-9-17/h4-7,11H,3,8-10,17H2,1-2H3. The molecular weight excluding hydrogens is 266 g/mol. The average Bonchev–Trinajstić information content (AvgIpc) is 2.91. The van der Waals surface area contributed by atoms with Gasteiger partial charge in [0.2, 0.25) is 5.78 Å². The van der Waals surface area contributed by atoms with Gasteiger partial charge in [-0.2, -0.15) is 5.10 Å². The van der Waals surface area contributed by atoms with Crippen LogP contribution in [-0.2, 0) is 13.0 Å². The normalized spacial score (nSPS) is 10.6. The summed E-state index contributed by atoms with van der Waals surface area (Å²) in [5.74, 6) is 0.442. The van der Waals surface area contributed by atoms with Crippen LogP contribution in [0.5, 0.6) is 5.75 Å². The molecule has 1 heterocycles. The Morgan fingerprint density at radius 2 is 2.14 bits per heavy atom. The summed E-state index contributed by atoms with van der Waals surface area (Å²) in [5, 5.41) is 4.25. The Balaban J connectivity index is 2.47. The minimum absolute atomic E-state index is 0.0677. The topological polar surface area (TPSA) is 70.1 Å². The Labute approximate surface area is 124 Å². The first-order valence-corrected chi connectivity index (χ1v) is 7.15. The fourth-order valence-electron chi connectivity index (χ4n) is 2.37. The second kappa shape index (κ2) is 7.04. The Hall–Kier alpha value is -2.14. The molecule has 21 heavy (non-hydrogen) atoms. The quantitative estimate of drug-likeness (QED) is 0.791. The van der Waals surface area contributed by atoms with Gasteiger partial charge in [-0.05, 0) is 24.9 Å². The van der Waals surface area contributed by atoms with Gasteiger partial charge >= 0.3 is 0 Å². The van der Waals surface area contributed by atoms with Gasteiger partial charge in [0.1, 0.15) is 0 Å². The highest BCUT2D eigenvalue weighted by Gasteiger charge is 2.22. The molecule has 112 valence electrons. The molecule has 1 aromatic heterocycles. The average molecular weight is 287 g/mol. The van der Waals surface area contributed by atoms with Gasteiger partial charge < -0.3 is 10.5 Å². The van der Waals surface area contributed by atoms with Crippen molar-refractivity contribution in [2.24, 2.45) is 5.73 Å². The van der Waals surface area contributed by atoms with Crippen molar-refractivity contribution in [2.45, 2.75) is 26.3 Å². The minimum Gasteiger partial charge on any atom is -0.493 e. The molecule has 0 fully saturated rings. The molecule has 0 bridgehead atoms. The fourth-order valence-corrected chi connectivity index (χ4v) is 2.37. The van der Waals surface area contributed by atoms with Crippen LogP contribution in [-0.4, -0.2) is 29.2 Å². The molecule has 0 aliphatic carbocycles. The van der Waals surface area contributed by atoms with Gasteiger partial charge in [-0.15, -0.1) is 0 Å². The highest BCUT2D eigenvalue weighted by Crippen LogP contribution is 2.23. The van der Waals surface area contributed by atoms with Crippen LogP contribution in [0.4, 0.5) is 0 Å². The maximum Gasteiger partial charge on any atom is 0.215 e. The molecule has 0 atom stereocenters. The van der Waals surface area contributed by atoms with E-state index in [1.165, 1.54) is 0 Å². The van der Waals surface area contributed by atoms with Gasteiger partial charge in [-0.1, -0.05) is 31.2 Å². The minimum atomic E-state index is -0.0677. The molecule has 0 aliphatic rings. The van der Waals surface area contributed by atoms with Crippen LogP contribution in [0.1, 0.15) is 35.0 Å². The number of benzene rings is 1. The maximum absolute atomic E-state index is 12.9. The summed E-state index contributed by atoms with van der Waals surface area (Å²) in [4.78, 5) is 12.9. The Bertz CT molecular complexity index is 620. The van der Waals surface area contributed by atoms with Crippen molar-refractivity contribution in [2.75, 3.05) is 13.7 Å². The number of rotatable bonds is 7. The van der Waals surface area contributed by atoms with E-state index in [1.54, 1.807) is 18.0 Å². The zero-order chi connectivity index (χ0) is 15.2. The van der Waals surface area contributed by atoms with Gasteiger partial charge in [0.25, 0.3) is 0 Å². The lowest BCUT2D eigenvalue weighted by molar-refractivity contribution is 0.102. The lowest BCUT2D eigenvalue weighted by Gasteiger charge is -2.10. The Morgan fingerprint density at radius 3 is 2.81 bits per heavy atom. The second-order valence-corrected chi connectivity index (χ2v) is 4.81. The molecular formula is C16H21N3O2. The van der Waals surface area contributed by atoms with Crippen molar-refractivity contribution in [3.8, 4) is 5.75 Å². The number of ether oxygens (including phenoxy) is 1. The van der Waals surface area contributed by atoms with Crippen LogP contribution in [0.15, 0.2) is 30.5 Å². The number of carbonyl (C=O) groups excluding carboxylic acids is 1. The summed E-state index contributed by atoms with van der Waals surface area (Å²) in [6, 6.07) is 7.55. The van der Waals surface area contributed by atoms with E-state index in [0.717, 1.165) is 12.0 Å². The maximum atomic E-state index is 12.9. The number of methoxy groups -OCH3 is 1. The molecule has 0 saturated carbocycles. The molecule has 0 aliphatic heterocycles. The number of aromatic nitrogens is 2. The number of aryl methyl sites for hydroxylation is 1. The summed E-state index contributed by atoms with van der Waals surface area (Å²) in [6.07, 6.45) is 3.16. The van der Waals surface area contributed by atoms with Crippen LogP contribution in [0, 0.1) is 0 Å². The summed E-state index contributed by atoms with van der Waals surface area (Å²) < 4.78 is 6.99. The molecule has 0 saturated heterocycles. The van der Waals surface area contributed by atoms with Crippen molar-refractivity contribution in [1.29, 1.82) is 0 Å². The largest absolute Gasteiger partial charge is 0.493 e. The van der Waals surface area contributed by atoms with Crippen LogP contribution >= 0.6 is 0 Å². The van der Waals surface area contributed by atoms with Gasteiger partial charge in [0.15, 0.2) is 11.4 Å². The lowest BCUT2D eigenvalue weighted by Crippen LogP contribution is -2.15. The van der Waals surface area contributed by atoms with Gasteiger partial charge in [-0.3, -0.25) is 9.48 Å². The highest BCUT2D eigenvalue weighted by atomic mass is 16.5. The number of carbonyl (C=O) groups is 1. The summed E-state index contributed by atoms with van der Waals surface area (Å²) in [6.45, 7) is 3.24. The molecule has 0 radical (unpaired) electrons. The number of nitrogens with zero attached hydrogens (tertiary/aromatic N) is 2. The van der Waals surface area contributed by atoms with E-state index >= 15 is 0 Å². The molecule has 2 aromatic rings. The predicted molar refractivity (Wildman–Crippen MR) is 81.7 cm³/mol. The molecule has 1 aromatic carbocycles. The molecule has 5 nitrogen and oxygen atoms in total. The van der Waals surface area contributed by atoms with Crippen molar-refractivity contribution in [3.05, 3.63) is 47.3 Å². The predicted octanol–water partition coefficient (Wildman–Crippen LogP) is 2.03. The highest BCUT2D eigenvalue weighted by molar-refractivity contribution is 6.10.